The first-order valence-electron chi connectivity index (χ1n) is 6.36. The monoisotopic (exact) mass is 368 g/mol. The van der Waals surface area contributed by atoms with Gasteiger partial charge in [-0.25, -0.2) is 18.7 Å². The first kappa shape index (κ1) is 14.8. The molecule has 0 atom stereocenters. The summed E-state index contributed by atoms with van der Waals surface area (Å²) in [5, 5.41) is 8.07. The van der Waals surface area contributed by atoms with Crippen molar-refractivity contribution in [1.29, 1.82) is 0 Å². The number of rotatable bonds is 5. The Morgan fingerprint density at radius 2 is 1.59 bits per heavy atom. The molecule has 6 nitrogen and oxygen atoms in total. The Morgan fingerprint density at radius 3 is 2.05 bits per heavy atom. The lowest BCUT2D eigenvalue weighted by Crippen LogP contribution is -2.32. The van der Waals surface area contributed by atoms with E-state index < -0.39 is 16.0 Å². The van der Waals surface area contributed by atoms with Crippen molar-refractivity contribution in [3.63, 3.8) is 0 Å². The van der Waals surface area contributed by atoms with Gasteiger partial charge in [-0.2, -0.15) is 10.2 Å². The van der Waals surface area contributed by atoms with E-state index in [1.165, 1.54) is 37.4 Å². The predicted molar refractivity (Wildman–Crippen MR) is 77.0 cm³/mol. The maximum absolute atomic E-state index is 14.2. The van der Waals surface area contributed by atoms with Crippen molar-refractivity contribution < 1.29 is 8.78 Å². The van der Waals surface area contributed by atoms with Crippen LogP contribution in [0.1, 0.15) is 5.56 Å². The lowest BCUT2D eigenvalue weighted by atomic mass is 9.98. The number of aromatic nitrogens is 6. The molecular weight excluding hydrogens is 358 g/mol. The highest BCUT2D eigenvalue weighted by atomic mass is 79.9. The Hall–Kier alpha value is -2.16. The second-order valence-electron chi connectivity index (χ2n) is 4.78. The van der Waals surface area contributed by atoms with Crippen LogP contribution in [0.25, 0.3) is 0 Å². The summed E-state index contributed by atoms with van der Waals surface area (Å²) in [7, 11) is 0. The van der Waals surface area contributed by atoms with Gasteiger partial charge in [0, 0.05) is 11.6 Å². The van der Waals surface area contributed by atoms with Crippen molar-refractivity contribution in [2.24, 2.45) is 0 Å². The van der Waals surface area contributed by atoms with Crippen LogP contribution in [0.4, 0.5) is 8.78 Å². The first-order chi connectivity index (χ1) is 10.6. The fraction of sp³-hybridized carbons (Fsp3) is 0.231. The molecule has 0 unspecified atom stereocenters. The Kier molecular flexibility index (Phi) is 3.97. The van der Waals surface area contributed by atoms with Crippen molar-refractivity contribution in [2.45, 2.75) is 17.4 Å². The topological polar surface area (TPSA) is 61.4 Å². The smallest absolute Gasteiger partial charge is 0.137 e. The number of hydrogen-bond acceptors (Lipinski definition) is 4. The van der Waals surface area contributed by atoms with Gasteiger partial charge in [0.1, 0.15) is 36.9 Å². The fourth-order valence-corrected chi connectivity index (χ4v) is 3.05. The molecule has 1 aromatic carbocycles. The third-order valence-electron chi connectivity index (χ3n) is 3.17. The largest absolute Gasteiger partial charge is 0.251 e. The van der Waals surface area contributed by atoms with E-state index in [0.717, 1.165) is 6.07 Å². The van der Waals surface area contributed by atoms with Crippen molar-refractivity contribution >= 4 is 15.9 Å². The molecule has 0 aliphatic heterocycles. The van der Waals surface area contributed by atoms with Gasteiger partial charge in [0.25, 0.3) is 0 Å². The van der Waals surface area contributed by atoms with E-state index in [4.69, 9.17) is 0 Å². The molecule has 0 aliphatic carbocycles. The molecule has 0 saturated carbocycles. The molecule has 114 valence electrons. The maximum Gasteiger partial charge on any atom is 0.137 e. The number of hydrogen-bond donors (Lipinski definition) is 0. The zero-order valence-corrected chi connectivity index (χ0v) is 12.9. The molecule has 2 heterocycles. The molecule has 0 fully saturated rings. The van der Waals surface area contributed by atoms with Crippen molar-refractivity contribution in [3.8, 4) is 0 Å². The summed E-state index contributed by atoms with van der Waals surface area (Å²) < 4.78 is 29.7. The Labute approximate surface area is 132 Å². The summed E-state index contributed by atoms with van der Waals surface area (Å²) in [5.74, 6) is -1.27. The number of benzene rings is 1. The third-order valence-corrected chi connectivity index (χ3v) is 4.10. The molecular formula is C13H11BrF2N6. The van der Waals surface area contributed by atoms with Gasteiger partial charge in [-0.15, -0.1) is 0 Å². The van der Waals surface area contributed by atoms with Crippen LogP contribution >= 0.6 is 15.9 Å². The second kappa shape index (κ2) is 5.91. The molecule has 0 bridgehead atoms. The minimum absolute atomic E-state index is 0.287. The van der Waals surface area contributed by atoms with Crippen LogP contribution in [0, 0.1) is 11.6 Å². The fourth-order valence-electron chi connectivity index (χ4n) is 2.22. The molecule has 0 aliphatic rings. The van der Waals surface area contributed by atoms with Crippen LogP contribution in [0.2, 0.25) is 0 Å². The molecule has 0 spiro atoms. The van der Waals surface area contributed by atoms with Crippen LogP contribution < -0.4 is 0 Å². The molecule has 2 aromatic heterocycles. The van der Waals surface area contributed by atoms with Crippen LogP contribution in [0.5, 0.6) is 0 Å². The first-order valence-corrected chi connectivity index (χ1v) is 7.15. The van der Waals surface area contributed by atoms with Gasteiger partial charge < -0.3 is 0 Å². The van der Waals surface area contributed by atoms with Crippen LogP contribution in [0.15, 0.2) is 43.5 Å². The van der Waals surface area contributed by atoms with Crippen molar-refractivity contribution in [3.05, 3.63) is 60.7 Å². The summed E-state index contributed by atoms with van der Waals surface area (Å²) in [5.41, 5.74) is 0.305. The lowest BCUT2D eigenvalue weighted by Gasteiger charge is -2.28. The maximum atomic E-state index is 14.2. The number of alkyl halides is 1. The highest BCUT2D eigenvalue weighted by molar-refractivity contribution is 9.09. The molecule has 9 heteroatoms. The van der Waals surface area contributed by atoms with Crippen LogP contribution in [-0.4, -0.2) is 29.5 Å². The number of halogens is 3. The molecule has 0 radical (unpaired) electrons. The van der Waals surface area contributed by atoms with Gasteiger partial charge in [0.2, 0.25) is 0 Å². The van der Waals surface area contributed by atoms with Gasteiger partial charge in [-0.05, 0) is 6.07 Å². The minimum Gasteiger partial charge on any atom is -0.251 e. The normalized spacial score (nSPS) is 11.8. The van der Waals surface area contributed by atoms with Gasteiger partial charge in [0.15, 0.2) is 0 Å². The van der Waals surface area contributed by atoms with E-state index in [-0.39, 0.29) is 13.1 Å². The van der Waals surface area contributed by atoms with Gasteiger partial charge in [0.05, 0.1) is 17.4 Å². The van der Waals surface area contributed by atoms with Crippen molar-refractivity contribution in [2.75, 3.05) is 0 Å². The average molecular weight is 369 g/mol. The molecule has 0 N–H and O–H groups in total. The van der Waals surface area contributed by atoms with E-state index in [9.17, 15) is 8.78 Å². The van der Waals surface area contributed by atoms with E-state index in [0.29, 0.717) is 5.56 Å². The lowest BCUT2D eigenvalue weighted by molar-refractivity contribution is 0.394. The predicted octanol–water partition coefficient (Wildman–Crippen LogP) is 2.14. The standard InChI is InChI=1S/C13H11BrF2N6/c14-13(4-21-8-17-6-19-21,5-22-9-18-7-20-22)11-2-1-10(15)3-12(11)16/h1-3,6-9H,4-5H2. The second-order valence-corrected chi connectivity index (χ2v) is 6.29. The average Bonchev–Trinajstić information content (AvgIpc) is 3.12. The Morgan fingerprint density at radius 1 is 1.00 bits per heavy atom. The van der Waals surface area contributed by atoms with Gasteiger partial charge >= 0.3 is 0 Å². The van der Waals surface area contributed by atoms with Crippen LogP contribution in [0.3, 0.4) is 0 Å². The van der Waals surface area contributed by atoms with Crippen LogP contribution in [-0.2, 0) is 17.4 Å². The summed E-state index contributed by atoms with van der Waals surface area (Å²) in [6.07, 6.45) is 5.84. The summed E-state index contributed by atoms with van der Waals surface area (Å²) in [4.78, 5) is 7.75. The van der Waals surface area contributed by atoms with Gasteiger partial charge in [-0.1, -0.05) is 22.0 Å². The van der Waals surface area contributed by atoms with Crippen molar-refractivity contribution in [1.82, 2.24) is 29.5 Å². The molecule has 3 aromatic rings. The highest BCUT2D eigenvalue weighted by Gasteiger charge is 2.34. The minimum atomic E-state index is -0.883. The SMILES string of the molecule is Fc1ccc(C(Br)(Cn2cncn2)Cn2cncn2)c(F)c1. The van der Waals surface area contributed by atoms with E-state index in [2.05, 4.69) is 36.1 Å². The van der Waals surface area contributed by atoms with E-state index in [1.807, 2.05) is 0 Å². The van der Waals surface area contributed by atoms with Gasteiger partial charge in [-0.3, -0.25) is 9.36 Å². The summed E-state index contributed by atoms with van der Waals surface area (Å²) in [6.45, 7) is 0.574. The summed E-state index contributed by atoms with van der Waals surface area (Å²) >= 11 is 3.57. The number of nitrogens with zero attached hydrogens (tertiary/aromatic N) is 6. The molecule has 22 heavy (non-hydrogen) atoms. The summed E-state index contributed by atoms with van der Waals surface area (Å²) in [6, 6.07) is 3.48. The van der Waals surface area contributed by atoms with E-state index in [1.54, 1.807) is 9.36 Å². The van der Waals surface area contributed by atoms with E-state index >= 15 is 0 Å². The Balaban J connectivity index is 2.01. The third kappa shape index (κ3) is 3.03. The Bertz CT molecular complexity index is 708. The zero-order chi connectivity index (χ0) is 15.6. The molecule has 0 amide bonds. The molecule has 0 saturated heterocycles. The zero-order valence-electron chi connectivity index (χ0n) is 11.3. The quantitative estimate of drug-likeness (QED) is 0.647. The molecule has 3 rings (SSSR count). The highest BCUT2D eigenvalue weighted by Crippen LogP contribution is 2.36.